The molecule has 0 saturated carbocycles. The fourth-order valence-electron chi connectivity index (χ4n) is 4.95. The number of carbonyl (C=O) groups excluding carboxylic acids is 2. The van der Waals surface area contributed by atoms with E-state index in [0.717, 1.165) is 28.1 Å². The van der Waals surface area contributed by atoms with E-state index in [1.807, 2.05) is 82.3 Å². The van der Waals surface area contributed by atoms with Crippen LogP contribution >= 0.6 is 0 Å². The first-order chi connectivity index (χ1) is 19.6. The number of carbonyl (C=O) groups is 2. The minimum Gasteiger partial charge on any atom is -0.443 e. The SMILES string of the molecule is Cc1cc(N(C)C(=O)OC(C)(C)C)cc(N2C(=O)Cc3c(N(Cc4ccccc4)Cc4ccccc4)ncnc32)c1. The number of aryl methyl sites for hydroxylation is 1. The van der Waals surface area contributed by atoms with Crippen molar-refractivity contribution in [1.82, 2.24) is 9.97 Å². The molecule has 2 amide bonds. The van der Waals surface area contributed by atoms with Crippen LogP contribution in [0.25, 0.3) is 0 Å². The number of anilines is 4. The van der Waals surface area contributed by atoms with Gasteiger partial charge in [-0.1, -0.05) is 60.7 Å². The molecule has 0 aliphatic carbocycles. The lowest BCUT2D eigenvalue weighted by Crippen LogP contribution is -2.34. The van der Waals surface area contributed by atoms with Gasteiger partial charge in [0.1, 0.15) is 23.6 Å². The highest BCUT2D eigenvalue weighted by Crippen LogP contribution is 2.40. The Bertz CT molecular complexity index is 1510. The zero-order valence-corrected chi connectivity index (χ0v) is 24.2. The first-order valence-electron chi connectivity index (χ1n) is 13.7. The summed E-state index contributed by atoms with van der Waals surface area (Å²) in [5, 5.41) is 0. The summed E-state index contributed by atoms with van der Waals surface area (Å²) in [6, 6.07) is 26.1. The Labute approximate surface area is 241 Å². The summed E-state index contributed by atoms with van der Waals surface area (Å²) in [5.74, 6) is 1.19. The number of fused-ring (bicyclic) bond motifs is 1. The standard InChI is InChI=1S/C33H35N5O3/c1-23-16-26(36(5)32(40)41-33(2,3)4)18-27(17-23)38-29(39)19-28-30(34-22-35-31(28)38)37(20-24-12-8-6-9-13-24)21-25-14-10-7-11-15-25/h6-18,22H,19-21H2,1-5H3. The van der Waals surface area contributed by atoms with Crippen molar-refractivity contribution in [2.45, 2.75) is 52.8 Å². The predicted octanol–water partition coefficient (Wildman–Crippen LogP) is 6.58. The first-order valence-corrected chi connectivity index (χ1v) is 13.7. The lowest BCUT2D eigenvalue weighted by atomic mass is 10.1. The van der Waals surface area contributed by atoms with Crippen molar-refractivity contribution in [1.29, 1.82) is 0 Å². The van der Waals surface area contributed by atoms with Crippen molar-refractivity contribution >= 4 is 35.0 Å². The molecule has 41 heavy (non-hydrogen) atoms. The second kappa shape index (κ2) is 11.4. The molecule has 0 spiro atoms. The Morgan fingerprint density at radius 3 is 2.12 bits per heavy atom. The Morgan fingerprint density at radius 1 is 0.927 bits per heavy atom. The smallest absolute Gasteiger partial charge is 0.414 e. The van der Waals surface area contributed by atoms with Crippen LogP contribution < -0.4 is 14.7 Å². The van der Waals surface area contributed by atoms with Gasteiger partial charge in [-0.2, -0.15) is 0 Å². The van der Waals surface area contributed by atoms with Gasteiger partial charge in [0.25, 0.3) is 0 Å². The molecule has 0 N–H and O–H groups in total. The Balaban J connectivity index is 1.52. The molecule has 0 unspecified atom stereocenters. The van der Waals surface area contributed by atoms with Gasteiger partial charge in [-0.3, -0.25) is 14.6 Å². The molecular weight excluding hydrogens is 514 g/mol. The zero-order chi connectivity index (χ0) is 29.1. The molecule has 5 rings (SSSR count). The van der Waals surface area contributed by atoms with Gasteiger partial charge in [-0.15, -0.1) is 0 Å². The second-order valence-corrected chi connectivity index (χ2v) is 11.3. The quantitative estimate of drug-likeness (QED) is 0.259. The molecule has 8 heteroatoms. The lowest BCUT2D eigenvalue weighted by molar-refractivity contribution is -0.116. The number of rotatable bonds is 7. The van der Waals surface area contributed by atoms with Crippen LogP contribution in [0.3, 0.4) is 0 Å². The Hall–Kier alpha value is -4.72. The minimum atomic E-state index is -0.624. The second-order valence-electron chi connectivity index (χ2n) is 11.3. The maximum atomic E-state index is 13.6. The van der Waals surface area contributed by atoms with Crippen molar-refractivity contribution in [3.63, 3.8) is 0 Å². The van der Waals surface area contributed by atoms with Crippen LogP contribution in [0.4, 0.5) is 27.8 Å². The number of nitrogens with zero attached hydrogens (tertiary/aromatic N) is 5. The van der Waals surface area contributed by atoms with Crippen molar-refractivity contribution in [3.05, 3.63) is 107 Å². The number of hydrogen-bond acceptors (Lipinski definition) is 6. The predicted molar refractivity (Wildman–Crippen MR) is 161 cm³/mol. The van der Waals surface area contributed by atoms with Crippen LogP contribution in [0.15, 0.2) is 85.2 Å². The van der Waals surface area contributed by atoms with Crippen molar-refractivity contribution in [2.75, 3.05) is 21.7 Å². The van der Waals surface area contributed by atoms with E-state index in [2.05, 4.69) is 34.1 Å². The minimum absolute atomic E-state index is 0.0995. The van der Waals surface area contributed by atoms with E-state index >= 15 is 0 Å². The van der Waals surface area contributed by atoms with Crippen molar-refractivity contribution in [3.8, 4) is 0 Å². The van der Waals surface area contributed by atoms with Crippen molar-refractivity contribution < 1.29 is 14.3 Å². The number of benzene rings is 3. The summed E-state index contributed by atoms with van der Waals surface area (Å²) < 4.78 is 5.56. The van der Waals surface area contributed by atoms with Crippen LogP contribution in [0.5, 0.6) is 0 Å². The van der Waals surface area contributed by atoms with Gasteiger partial charge in [-0.25, -0.2) is 14.8 Å². The van der Waals surface area contributed by atoms with Gasteiger partial charge in [0.2, 0.25) is 5.91 Å². The molecule has 0 fully saturated rings. The summed E-state index contributed by atoms with van der Waals surface area (Å²) in [6.07, 6.45) is 1.23. The Kier molecular flexibility index (Phi) is 7.75. The maximum absolute atomic E-state index is 13.6. The molecule has 0 radical (unpaired) electrons. The molecule has 2 heterocycles. The van der Waals surface area contributed by atoms with Crippen LogP contribution in [-0.4, -0.2) is 34.6 Å². The summed E-state index contributed by atoms with van der Waals surface area (Å²) in [5.41, 5.74) is 4.61. The van der Waals surface area contributed by atoms with E-state index in [-0.39, 0.29) is 12.3 Å². The normalized spacial score (nSPS) is 12.7. The number of aromatic nitrogens is 2. The van der Waals surface area contributed by atoms with Gasteiger partial charge in [-0.05, 0) is 62.6 Å². The van der Waals surface area contributed by atoms with E-state index in [1.165, 1.54) is 11.2 Å². The van der Waals surface area contributed by atoms with E-state index in [9.17, 15) is 9.59 Å². The number of ether oxygens (including phenoxy) is 1. The zero-order valence-electron chi connectivity index (χ0n) is 24.2. The molecule has 3 aromatic carbocycles. The molecule has 210 valence electrons. The molecular formula is C33H35N5O3. The topological polar surface area (TPSA) is 78.9 Å². The molecule has 1 aliphatic heterocycles. The van der Waals surface area contributed by atoms with E-state index in [0.29, 0.717) is 30.3 Å². The van der Waals surface area contributed by atoms with Gasteiger partial charge in [0.05, 0.1) is 12.1 Å². The van der Waals surface area contributed by atoms with E-state index in [4.69, 9.17) is 9.72 Å². The highest BCUT2D eigenvalue weighted by atomic mass is 16.6. The van der Waals surface area contributed by atoms with Gasteiger partial charge < -0.3 is 9.64 Å². The summed E-state index contributed by atoms with van der Waals surface area (Å²) in [4.78, 5) is 40.9. The molecule has 1 aliphatic rings. The molecule has 1 aromatic heterocycles. The van der Waals surface area contributed by atoms with E-state index < -0.39 is 11.7 Å². The largest absolute Gasteiger partial charge is 0.443 e. The third kappa shape index (κ3) is 6.38. The molecule has 8 nitrogen and oxygen atoms in total. The highest BCUT2D eigenvalue weighted by Gasteiger charge is 2.35. The average molecular weight is 550 g/mol. The van der Waals surface area contributed by atoms with Crippen molar-refractivity contribution in [2.24, 2.45) is 0 Å². The van der Waals surface area contributed by atoms with Gasteiger partial charge >= 0.3 is 6.09 Å². The fraction of sp³-hybridized carbons (Fsp3) is 0.273. The highest BCUT2D eigenvalue weighted by molar-refractivity contribution is 6.08. The lowest BCUT2D eigenvalue weighted by Gasteiger charge is -2.27. The van der Waals surface area contributed by atoms with Crippen LogP contribution in [0.1, 0.15) is 43.0 Å². The monoisotopic (exact) mass is 549 g/mol. The number of amides is 2. The molecule has 0 atom stereocenters. The molecule has 4 aromatic rings. The molecule has 0 saturated heterocycles. The Morgan fingerprint density at radius 2 is 1.54 bits per heavy atom. The van der Waals surface area contributed by atoms with Gasteiger partial charge in [0, 0.05) is 31.4 Å². The third-order valence-electron chi connectivity index (χ3n) is 6.78. The van der Waals surface area contributed by atoms with Crippen LogP contribution in [0, 0.1) is 6.92 Å². The van der Waals surface area contributed by atoms with Crippen LogP contribution in [-0.2, 0) is 29.0 Å². The average Bonchev–Trinajstić information content (AvgIpc) is 3.28. The molecule has 0 bridgehead atoms. The summed E-state index contributed by atoms with van der Waals surface area (Å²) in [6.45, 7) is 8.68. The fourth-order valence-corrected chi connectivity index (χ4v) is 4.95. The summed E-state index contributed by atoms with van der Waals surface area (Å²) in [7, 11) is 1.66. The summed E-state index contributed by atoms with van der Waals surface area (Å²) >= 11 is 0. The third-order valence-corrected chi connectivity index (χ3v) is 6.78. The van der Waals surface area contributed by atoms with Gasteiger partial charge in [0.15, 0.2) is 0 Å². The maximum Gasteiger partial charge on any atom is 0.414 e. The first kappa shape index (κ1) is 27.8. The number of hydrogen-bond donors (Lipinski definition) is 0. The van der Waals surface area contributed by atoms with E-state index in [1.54, 1.807) is 11.9 Å². The van der Waals surface area contributed by atoms with Crippen LogP contribution in [0.2, 0.25) is 0 Å².